The highest BCUT2D eigenvalue weighted by molar-refractivity contribution is 7.91. The minimum absolute atomic E-state index is 0.587. The molecule has 100 valence electrons. The summed E-state index contributed by atoms with van der Waals surface area (Å²) in [6, 6.07) is 8.23. The molecule has 2 nitrogen and oxygen atoms in total. The van der Waals surface area contributed by atoms with Crippen LogP contribution in [0.5, 0.6) is 0 Å². The van der Waals surface area contributed by atoms with E-state index >= 15 is 0 Å². The van der Waals surface area contributed by atoms with Crippen LogP contribution in [0, 0.1) is 0 Å². The molecule has 0 N–H and O–H groups in total. The second kappa shape index (κ2) is 5.04. The van der Waals surface area contributed by atoms with Crippen molar-refractivity contribution in [1.82, 2.24) is 0 Å². The van der Waals surface area contributed by atoms with E-state index in [0.29, 0.717) is 0 Å². The molecule has 0 spiro atoms. The summed E-state index contributed by atoms with van der Waals surface area (Å²) in [6.07, 6.45) is 7.41. The maximum Gasteiger partial charge on any atom is 0.157 e. The van der Waals surface area contributed by atoms with Crippen LogP contribution in [0.25, 0.3) is 0 Å². The van der Waals surface area contributed by atoms with Crippen LogP contribution in [0.2, 0.25) is 0 Å². The Morgan fingerprint density at radius 2 is 1.78 bits per heavy atom. The standard InChI is InChI=1S/C15H22O2S/c1-3-4-6-13-7-9-14(10-8-13)15(11-5-12-15)18(2,16)17/h7-10H,3-6,11-12H2,1-2H3. The van der Waals surface area contributed by atoms with Crippen LogP contribution in [-0.4, -0.2) is 14.7 Å². The zero-order valence-corrected chi connectivity index (χ0v) is 12.1. The van der Waals surface area contributed by atoms with Crippen LogP contribution in [0.3, 0.4) is 0 Å². The van der Waals surface area contributed by atoms with Gasteiger partial charge in [-0.3, -0.25) is 0 Å². The number of rotatable bonds is 5. The van der Waals surface area contributed by atoms with Gasteiger partial charge >= 0.3 is 0 Å². The molecule has 1 aliphatic rings. The summed E-state index contributed by atoms with van der Waals surface area (Å²) < 4.78 is 23.4. The number of hydrogen-bond donors (Lipinski definition) is 0. The lowest BCUT2D eigenvalue weighted by Gasteiger charge is -2.40. The minimum atomic E-state index is -3.01. The van der Waals surface area contributed by atoms with Crippen molar-refractivity contribution in [1.29, 1.82) is 0 Å². The molecular weight excluding hydrogens is 244 g/mol. The van der Waals surface area contributed by atoms with Crippen molar-refractivity contribution in [3.8, 4) is 0 Å². The molecule has 0 heterocycles. The molecule has 18 heavy (non-hydrogen) atoms. The summed E-state index contributed by atoms with van der Waals surface area (Å²) >= 11 is 0. The van der Waals surface area contributed by atoms with Gasteiger partial charge in [0.05, 0.1) is 4.75 Å². The second-order valence-corrected chi connectivity index (χ2v) is 7.75. The van der Waals surface area contributed by atoms with Gasteiger partial charge < -0.3 is 0 Å². The molecule has 0 aromatic heterocycles. The molecule has 1 saturated carbocycles. The summed E-state index contributed by atoms with van der Waals surface area (Å²) in [4.78, 5) is 0. The third kappa shape index (κ3) is 2.33. The Balaban J connectivity index is 2.23. The molecule has 0 bridgehead atoms. The average Bonchev–Trinajstić information content (AvgIpc) is 2.24. The number of sulfone groups is 1. The molecule has 1 aromatic carbocycles. The molecule has 1 aromatic rings. The second-order valence-electron chi connectivity index (χ2n) is 5.42. The van der Waals surface area contributed by atoms with E-state index in [-0.39, 0.29) is 0 Å². The largest absolute Gasteiger partial charge is 0.228 e. The van der Waals surface area contributed by atoms with Gasteiger partial charge in [0.2, 0.25) is 0 Å². The van der Waals surface area contributed by atoms with Crippen LogP contribution >= 0.6 is 0 Å². The monoisotopic (exact) mass is 266 g/mol. The first kappa shape index (κ1) is 13.6. The average molecular weight is 266 g/mol. The van der Waals surface area contributed by atoms with Crippen molar-refractivity contribution in [3.05, 3.63) is 35.4 Å². The van der Waals surface area contributed by atoms with E-state index in [2.05, 4.69) is 19.1 Å². The molecule has 0 radical (unpaired) electrons. The summed E-state index contributed by atoms with van der Waals surface area (Å²) in [7, 11) is -3.01. The molecule has 1 fully saturated rings. The lowest BCUT2D eigenvalue weighted by Crippen LogP contribution is -2.41. The topological polar surface area (TPSA) is 34.1 Å². The molecule has 2 rings (SSSR count). The quantitative estimate of drug-likeness (QED) is 0.818. The Morgan fingerprint density at radius 3 is 2.17 bits per heavy atom. The van der Waals surface area contributed by atoms with Gasteiger partial charge in [0.1, 0.15) is 0 Å². The van der Waals surface area contributed by atoms with E-state index in [4.69, 9.17) is 0 Å². The van der Waals surface area contributed by atoms with Gasteiger partial charge in [-0.1, -0.05) is 37.6 Å². The highest BCUT2D eigenvalue weighted by Gasteiger charge is 2.47. The van der Waals surface area contributed by atoms with Crippen molar-refractivity contribution in [2.75, 3.05) is 6.26 Å². The van der Waals surface area contributed by atoms with Crippen LogP contribution in [-0.2, 0) is 21.0 Å². The van der Waals surface area contributed by atoms with Gasteiger partial charge in [-0.15, -0.1) is 0 Å². The Labute approximate surface area is 110 Å². The van der Waals surface area contributed by atoms with E-state index in [0.717, 1.165) is 31.2 Å². The first-order valence-corrected chi connectivity index (χ1v) is 8.68. The summed E-state index contributed by atoms with van der Waals surface area (Å²) in [5, 5.41) is 0. The fraction of sp³-hybridized carbons (Fsp3) is 0.600. The molecule has 1 aliphatic carbocycles. The number of unbranched alkanes of at least 4 members (excludes halogenated alkanes) is 1. The van der Waals surface area contributed by atoms with Crippen molar-refractivity contribution >= 4 is 9.84 Å². The van der Waals surface area contributed by atoms with Crippen molar-refractivity contribution in [2.45, 2.75) is 50.2 Å². The third-order valence-corrected chi connectivity index (χ3v) is 6.23. The minimum Gasteiger partial charge on any atom is -0.228 e. The van der Waals surface area contributed by atoms with Crippen LogP contribution in [0.4, 0.5) is 0 Å². The van der Waals surface area contributed by atoms with Crippen LogP contribution in [0.1, 0.15) is 50.2 Å². The maximum atomic E-state index is 12.0. The number of hydrogen-bond acceptors (Lipinski definition) is 2. The van der Waals surface area contributed by atoms with Gasteiger partial charge in [-0.25, -0.2) is 8.42 Å². The van der Waals surface area contributed by atoms with Gasteiger partial charge in [-0.05, 0) is 43.2 Å². The predicted molar refractivity (Wildman–Crippen MR) is 75.4 cm³/mol. The molecular formula is C15H22O2S. The molecule has 0 unspecified atom stereocenters. The predicted octanol–water partition coefficient (Wildman–Crippen LogP) is 3.45. The van der Waals surface area contributed by atoms with Gasteiger partial charge in [-0.2, -0.15) is 0 Å². The maximum absolute atomic E-state index is 12.0. The Morgan fingerprint density at radius 1 is 1.17 bits per heavy atom. The SMILES string of the molecule is CCCCc1ccc(C2(S(C)(=O)=O)CCC2)cc1. The first-order chi connectivity index (χ1) is 8.49. The normalized spacial score (nSPS) is 18.3. The van der Waals surface area contributed by atoms with Gasteiger partial charge in [0, 0.05) is 6.26 Å². The lowest BCUT2D eigenvalue weighted by atomic mass is 9.78. The Bertz CT molecular complexity index is 496. The van der Waals surface area contributed by atoms with E-state index < -0.39 is 14.6 Å². The Hall–Kier alpha value is -0.830. The zero-order valence-electron chi connectivity index (χ0n) is 11.3. The molecule has 3 heteroatoms. The summed E-state index contributed by atoms with van der Waals surface area (Å²) in [6.45, 7) is 2.18. The van der Waals surface area contributed by atoms with Crippen molar-refractivity contribution in [2.24, 2.45) is 0 Å². The van der Waals surface area contributed by atoms with Crippen LogP contribution in [0.15, 0.2) is 24.3 Å². The Kier molecular flexibility index (Phi) is 3.81. The summed E-state index contributed by atoms with van der Waals surface area (Å²) in [5.41, 5.74) is 2.29. The lowest BCUT2D eigenvalue weighted by molar-refractivity contribution is 0.346. The highest BCUT2D eigenvalue weighted by atomic mass is 32.2. The van der Waals surface area contributed by atoms with Crippen molar-refractivity contribution < 1.29 is 8.42 Å². The number of aryl methyl sites for hydroxylation is 1. The fourth-order valence-corrected chi connectivity index (χ4v) is 4.32. The first-order valence-electron chi connectivity index (χ1n) is 6.78. The molecule has 0 amide bonds. The third-order valence-electron chi connectivity index (χ3n) is 4.17. The van der Waals surface area contributed by atoms with E-state index in [1.165, 1.54) is 24.7 Å². The molecule has 0 saturated heterocycles. The van der Waals surface area contributed by atoms with Gasteiger partial charge in [0.25, 0.3) is 0 Å². The summed E-state index contributed by atoms with van der Waals surface area (Å²) in [5.74, 6) is 0. The molecule has 0 aliphatic heterocycles. The zero-order chi connectivity index (χ0) is 13.2. The van der Waals surface area contributed by atoms with Crippen LogP contribution < -0.4 is 0 Å². The van der Waals surface area contributed by atoms with Gasteiger partial charge in [0.15, 0.2) is 9.84 Å². The van der Waals surface area contributed by atoms with Crippen molar-refractivity contribution in [3.63, 3.8) is 0 Å². The highest BCUT2D eigenvalue weighted by Crippen LogP contribution is 2.47. The molecule has 0 atom stereocenters. The van der Waals surface area contributed by atoms with E-state index in [1.807, 2.05) is 12.1 Å². The van der Waals surface area contributed by atoms with E-state index in [1.54, 1.807) is 0 Å². The fourth-order valence-electron chi connectivity index (χ4n) is 2.73. The number of benzene rings is 1. The smallest absolute Gasteiger partial charge is 0.157 e. The van der Waals surface area contributed by atoms with E-state index in [9.17, 15) is 8.42 Å².